The smallest absolute Gasteiger partial charge is 0.119 e. The molecule has 0 saturated carbocycles. The molecule has 0 spiro atoms. The predicted octanol–water partition coefficient (Wildman–Crippen LogP) is 1.90. The van der Waals surface area contributed by atoms with E-state index < -0.39 is 0 Å². The van der Waals surface area contributed by atoms with E-state index in [-0.39, 0.29) is 12.0 Å². The van der Waals surface area contributed by atoms with Crippen LogP contribution in [-0.2, 0) is 0 Å². The van der Waals surface area contributed by atoms with E-state index in [9.17, 15) is 5.11 Å². The second-order valence-corrected chi connectivity index (χ2v) is 4.02. The topological polar surface area (TPSA) is 55.5 Å². The van der Waals surface area contributed by atoms with Gasteiger partial charge in [0, 0.05) is 0 Å². The van der Waals surface area contributed by atoms with E-state index in [1.807, 2.05) is 31.2 Å². The summed E-state index contributed by atoms with van der Waals surface area (Å²) in [4.78, 5) is 0. The molecular formula is C13H21NO2. The highest BCUT2D eigenvalue weighted by Crippen LogP contribution is 2.22. The minimum Gasteiger partial charge on any atom is -0.494 e. The largest absolute Gasteiger partial charge is 0.494 e. The van der Waals surface area contributed by atoms with Crippen LogP contribution in [0.1, 0.15) is 31.7 Å². The Morgan fingerprint density at radius 2 is 1.94 bits per heavy atom. The van der Waals surface area contributed by atoms with E-state index in [0.29, 0.717) is 19.6 Å². The van der Waals surface area contributed by atoms with Crippen molar-refractivity contribution in [2.75, 3.05) is 13.2 Å². The van der Waals surface area contributed by atoms with Crippen LogP contribution < -0.4 is 10.5 Å². The van der Waals surface area contributed by atoms with Gasteiger partial charge in [0.1, 0.15) is 5.75 Å². The maximum Gasteiger partial charge on any atom is 0.119 e. The molecule has 1 aromatic carbocycles. The molecule has 0 aliphatic heterocycles. The molecule has 0 radical (unpaired) electrons. The number of hydrogen-bond donors (Lipinski definition) is 2. The highest BCUT2D eigenvalue weighted by molar-refractivity contribution is 5.29. The fraction of sp³-hybridized carbons (Fsp3) is 0.538. The van der Waals surface area contributed by atoms with Gasteiger partial charge in [-0.25, -0.2) is 0 Å². The third-order valence-electron chi connectivity index (χ3n) is 2.57. The first kappa shape index (κ1) is 13.0. The Morgan fingerprint density at radius 3 is 2.38 bits per heavy atom. The Hall–Kier alpha value is -1.06. The number of aliphatic hydroxyl groups excluding tert-OH is 1. The van der Waals surface area contributed by atoms with Gasteiger partial charge in [0.2, 0.25) is 0 Å². The third kappa shape index (κ3) is 3.83. The number of aliphatic hydroxyl groups is 1. The van der Waals surface area contributed by atoms with Gasteiger partial charge in [0.05, 0.1) is 12.7 Å². The molecule has 3 heteroatoms. The molecule has 0 aromatic heterocycles. The molecule has 3 nitrogen and oxygen atoms in total. The molecule has 0 saturated heterocycles. The predicted molar refractivity (Wildman–Crippen MR) is 65.7 cm³/mol. The van der Waals surface area contributed by atoms with Crippen LogP contribution in [0.5, 0.6) is 5.75 Å². The van der Waals surface area contributed by atoms with Crippen molar-refractivity contribution in [3.63, 3.8) is 0 Å². The fourth-order valence-electron chi connectivity index (χ4n) is 1.78. The third-order valence-corrected chi connectivity index (χ3v) is 2.57. The highest BCUT2D eigenvalue weighted by atomic mass is 16.5. The van der Waals surface area contributed by atoms with E-state index in [4.69, 9.17) is 10.5 Å². The molecule has 0 aliphatic rings. The van der Waals surface area contributed by atoms with Crippen LogP contribution in [0.25, 0.3) is 0 Å². The Balaban J connectivity index is 2.70. The molecule has 0 fully saturated rings. The van der Waals surface area contributed by atoms with Crippen molar-refractivity contribution in [2.45, 2.75) is 32.3 Å². The molecule has 90 valence electrons. The van der Waals surface area contributed by atoms with Gasteiger partial charge in [-0.15, -0.1) is 0 Å². The first-order valence-corrected chi connectivity index (χ1v) is 5.78. The maximum atomic E-state index is 9.37. The summed E-state index contributed by atoms with van der Waals surface area (Å²) < 4.78 is 5.37. The summed E-state index contributed by atoms with van der Waals surface area (Å²) in [7, 11) is 0. The summed E-state index contributed by atoms with van der Waals surface area (Å²) in [5, 5.41) is 9.37. The monoisotopic (exact) mass is 223 g/mol. The van der Waals surface area contributed by atoms with Crippen LogP contribution in [-0.4, -0.2) is 24.4 Å². The van der Waals surface area contributed by atoms with Crippen LogP contribution in [0, 0.1) is 0 Å². The van der Waals surface area contributed by atoms with Crippen LogP contribution in [0.15, 0.2) is 24.3 Å². The lowest BCUT2D eigenvalue weighted by Crippen LogP contribution is -2.17. The zero-order valence-electron chi connectivity index (χ0n) is 10.0. The molecule has 1 rings (SSSR count). The van der Waals surface area contributed by atoms with Crippen LogP contribution in [0.2, 0.25) is 0 Å². The van der Waals surface area contributed by atoms with Crippen LogP contribution in [0.3, 0.4) is 0 Å². The highest BCUT2D eigenvalue weighted by Gasteiger charge is 2.12. The van der Waals surface area contributed by atoms with Gasteiger partial charge in [0.15, 0.2) is 0 Å². The van der Waals surface area contributed by atoms with Gasteiger partial charge >= 0.3 is 0 Å². The van der Waals surface area contributed by atoms with Crippen molar-refractivity contribution in [1.82, 2.24) is 0 Å². The molecule has 2 unspecified atom stereocenters. The summed E-state index contributed by atoms with van der Waals surface area (Å²) in [5.41, 5.74) is 6.87. The number of benzene rings is 1. The van der Waals surface area contributed by atoms with E-state index in [2.05, 4.69) is 0 Å². The molecule has 0 bridgehead atoms. The maximum absolute atomic E-state index is 9.37. The minimum absolute atomic E-state index is 0.218. The van der Waals surface area contributed by atoms with Gasteiger partial charge in [-0.3, -0.25) is 0 Å². The molecule has 2 atom stereocenters. The molecular weight excluding hydrogens is 202 g/mol. The number of hydrogen-bond acceptors (Lipinski definition) is 3. The molecule has 0 heterocycles. The summed E-state index contributed by atoms with van der Waals surface area (Å²) in [6.07, 6.45) is 0.380. The molecule has 16 heavy (non-hydrogen) atoms. The van der Waals surface area contributed by atoms with Crippen LogP contribution >= 0.6 is 0 Å². The van der Waals surface area contributed by atoms with Crippen molar-refractivity contribution >= 4 is 0 Å². The lowest BCUT2D eigenvalue weighted by atomic mass is 9.93. The van der Waals surface area contributed by atoms with Crippen molar-refractivity contribution in [1.29, 1.82) is 0 Å². The summed E-state index contributed by atoms with van der Waals surface area (Å²) in [6.45, 7) is 4.98. The van der Waals surface area contributed by atoms with Gasteiger partial charge in [-0.2, -0.15) is 0 Å². The zero-order valence-corrected chi connectivity index (χ0v) is 10.0. The lowest BCUT2D eigenvalue weighted by molar-refractivity contribution is 0.175. The summed E-state index contributed by atoms with van der Waals surface area (Å²) >= 11 is 0. The van der Waals surface area contributed by atoms with Gasteiger partial charge in [-0.1, -0.05) is 12.1 Å². The van der Waals surface area contributed by atoms with Crippen molar-refractivity contribution < 1.29 is 9.84 Å². The second-order valence-electron chi connectivity index (χ2n) is 4.02. The normalized spacial score (nSPS) is 14.5. The van der Waals surface area contributed by atoms with Crippen LogP contribution in [0.4, 0.5) is 0 Å². The Kier molecular flexibility index (Phi) is 5.29. The molecule has 1 aromatic rings. The fourth-order valence-corrected chi connectivity index (χ4v) is 1.78. The number of ether oxygens (including phenoxy) is 1. The minimum atomic E-state index is -0.319. The number of rotatable bonds is 6. The van der Waals surface area contributed by atoms with Crippen molar-refractivity contribution in [2.24, 2.45) is 5.73 Å². The standard InChI is InChI=1S/C13H21NO2/c1-3-16-13-6-4-11(5-7-13)12(9-14)8-10(2)15/h4-7,10,12,15H,3,8-9,14H2,1-2H3. The van der Waals surface area contributed by atoms with E-state index in [0.717, 1.165) is 11.3 Å². The second kappa shape index (κ2) is 6.51. The quantitative estimate of drug-likeness (QED) is 0.774. The van der Waals surface area contributed by atoms with Gasteiger partial charge in [0.25, 0.3) is 0 Å². The van der Waals surface area contributed by atoms with E-state index >= 15 is 0 Å². The lowest BCUT2D eigenvalue weighted by Gasteiger charge is -2.17. The number of nitrogens with two attached hydrogens (primary N) is 1. The first-order chi connectivity index (χ1) is 7.67. The zero-order chi connectivity index (χ0) is 12.0. The van der Waals surface area contributed by atoms with E-state index in [1.165, 1.54) is 0 Å². The summed E-state index contributed by atoms with van der Waals surface area (Å²) in [5.74, 6) is 1.09. The molecule has 0 amide bonds. The van der Waals surface area contributed by atoms with Crippen molar-refractivity contribution in [3.05, 3.63) is 29.8 Å². The average molecular weight is 223 g/mol. The Bertz CT molecular complexity index is 295. The SMILES string of the molecule is CCOc1ccc(C(CN)CC(C)O)cc1. The molecule has 0 aliphatic carbocycles. The molecule has 3 N–H and O–H groups in total. The summed E-state index contributed by atoms with van der Waals surface area (Å²) in [6, 6.07) is 7.93. The van der Waals surface area contributed by atoms with Crippen molar-refractivity contribution in [3.8, 4) is 5.75 Å². The Morgan fingerprint density at radius 1 is 1.31 bits per heavy atom. The van der Waals surface area contributed by atoms with Gasteiger partial charge < -0.3 is 15.6 Å². The van der Waals surface area contributed by atoms with Gasteiger partial charge in [-0.05, 0) is 50.4 Å². The van der Waals surface area contributed by atoms with E-state index in [1.54, 1.807) is 6.92 Å². The first-order valence-electron chi connectivity index (χ1n) is 5.78. The average Bonchev–Trinajstić information content (AvgIpc) is 2.27. The Labute approximate surface area is 97.2 Å².